The number of hydrogen-bond donors (Lipinski definition) is 2. The first kappa shape index (κ1) is 25.0. The first-order valence-electron chi connectivity index (χ1n) is 12.1. The minimum atomic E-state index is -0.269. The second-order valence-corrected chi connectivity index (χ2v) is 9.55. The lowest BCUT2D eigenvalue weighted by molar-refractivity contribution is 0.0921. The van der Waals surface area contributed by atoms with E-state index in [1.54, 1.807) is 13.0 Å². The van der Waals surface area contributed by atoms with Crippen molar-refractivity contribution in [1.29, 1.82) is 0 Å². The van der Waals surface area contributed by atoms with Gasteiger partial charge in [0.05, 0.1) is 13.2 Å². The van der Waals surface area contributed by atoms with Crippen LogP contribution in [0.4, 0.5) is 6.01 Å². The summed E-state index contributed by atoms with van der Waals surface area (Å²) in [6.07, 6.45) is 5.22. The molecule has 2 N–H and O–H groups in total. The maximum absolute atomic E-state index is 12.3. The molecule has 0 bridgehead atoms. The summed E-state index contributed by atoms with van der Waals surface area (Å²) in [5.41, 5.74) is 1.46. The molecule has 8 nitrogen and oxygen atoms in total. The number of aliphatic hydroxyl groups is 1. The Bertz CT molecular complexity index is 890. The van der Waals surface area contributed by atoms with Gasteiger partial charge in [-0.05, 0) is 75.1 Å². The van der Waals surface area contributed by atoms with Crippen LogP contribution in [0.15, 0.2) is 22.7 Å². The molecule has 1 aromatic heterocycles. The first-order valence-corrected chi connectivity index (χ1v) is 12.1. The number of carbonyl (C=O) groups is 1. The second-order valence-electron chi connectivity index (χ2n) is 9.55. The van der Waals surface area contributed by atoms with E-state index in [2.05, 4.69) is 34.2 Å². The Balaban J connectivity index is 1.36. The maximum Gasteiger partial charge on any atom is 0.324 e. The number of hydrogen-bond acceptors (Lipinski definition) is 7. The van der Waals surface area contributed by atoms with Crippen molar-refractivity contribution in [1.82, 2.24) is 15.5 Å². The lowest BCUT2D eigenvalue weighted by Gasteiger charge is -2.30. The monoisotopic (exact) mass is 458 g/mol. The van der Waals surface area contributed by atoms with E-state index in [0.29, 0.717) is 30.0 Å². The lowest BCUT2D eigenvalue weighted by atomic mass is 9.92. The van der Waals surface area contributed by atoms with Gasteiger partial charge in [-0.3, -0.25) is 4.79 Å². The molecule has 1 saturated heterocycles. The van der Waals surface area contributed by atoms with E-state index in [0.717, 1.165) is 62.3 Å². The van der Waals surface area contributed by atoms with Crippen LogP contribution in [-0.2, 0) is 6.42 Å². The van der Waals surface area contributed by atoms with Gasteiger partial charge in [0.25, 0.3) is 5.91 Å². The number of rotatable bonds is 11. The highest BCUT2D eigenvalue weighted by atomic mass is 16.5. The highest BCUT2D eigenvalue weighted by Gasteiger charge is 2.23. The van der Waals surface area contributed by atoms with E-state index in [4.69, 9.17) is 14.4 Å². The molecule has 0 unspecified atom stereocenters. The van der Waals surface area contributed by atoms with Gasteiger partial charge in [-0.2, -0.15) is 4.98 Å². The molecule has 1 aromatic carbocycles. The molecule has 1 amide bonds. The Kier molecular flexibility index (Phi) is 9.11. The summed E-state index contributed by atoms with van der Waals surface area (Å²) in [6.45, 7) is 10.5. The molecule has 0 radical (unpaired) electrons. The Morgan fingerprint density at radius 2 is 2.06 bits per heavy atom. The topological polar surface area (TPSA) is 101 Å². The van der Waals surface area contributed by atoms with Gasteiger partial charge in [-0.1, -0.05) is 19.0 Å². The molecule has 3 rings (SSSR count). The molecule has 182 valence electrons. The number of amides is 1. The summed E-state index contributed by atoms with van der Waals surface area (Å²) in [5, 5.41) is 16.0. The smallest absolute Gasteiger partial charge is 0.324 e. The van der Waals surface area contributed by atoms with Crippen molar-refractivity contribution >= 4 is 11.9 Å². The minimum absolute atomic E-state index is 0.0822. The molecule has 1 aliphatic heterocycles. The van der Waals surface area contributed by atoms with Crippen molar-refractivity contribution in [2.45, 2.75) is 65.8 Å². The van der Waals surface area contributed by atoms with Crippen molar-refractivity contribution in [2.24, 2.45) is 11.8 Å². The third kappa shape index (κ3) is 7.45. The molecular formula is C25H38N4O4. The molecule has 1 atom stereocenters. The van der Waals surface area contributed by atoms with Crippen molar-refractivity contribution in [2.75, 3.05) is 31.2 Å². The normalized spacial score (nSPS) is 15.6. The maximum atomic E-state index is 12.3. The zero-order valence-corrected chi connectivity index (χ0v) is 20.3. The summed E-state index contributed by atoms with van der Waals surface area (Å²) in [4.78, 5) is 19.0. The largest absolute Gasteiger partial charge is 0.494 e. The van der Waals surface area contributed by atoms with Gasteiger partial charge in [0, 0.05) is 31.1 Å². The SMILES string of the molecule is Cc1cc(OCCCC2CCN(c3nc(CC(C)C)no3)CC2)ccc1C(=O)N[C@H](C)CO. The van der Waals surface area contributed by atoms with E-state index in [9.17, 15) is 4.79 Å². The van der Waals surface area contributed by atoms with Crippen LogP contribution in [0.25, 0.3) is 0 Å². The fourth-order valence-electron chi connectivity index (χ4n) is 4.12. The van der Waals surface area contributed by atoms with Crippen LogP contribution < -0.4 is 15.0 Å². The van der Waals surface area contributed by atoms with E-state index < -0.39 is 0 Å². The van der Waals surface area contributed by atoms with Gasteiger partial charge in [0.1, 0.15) is 5.75 Å². The Labute approximate surface area is 196 Å². The summed E-state index contributed by atoms with van der Waals surface area (Å²) in [6, 6.07) is 5.90. The van der Waals surface area contributed by atoms with Crippen LogP contribution in [0.5, 0.6) is 5.75 Å². The molecule has 2 heterocycles. The number of ether oxygens (including phenoxy) is 1. The molecule has 1 fully saturated rings. The number of piperidine rings is 1. The van der Waals surface area contributed by atoms with Crippen molar-refractivity contribution in [3.05, 3.63) is 35.2 Å². The summed E-state index contributed by atoms with van der Waals surface area (Å²) >= 11 is 0. The standard InChI is InChI=1S/C25H38N4O4/c1-17(2)14-23-27-25(33-28-23)29-11-9-20(10-12-29)6-5-13-32-21-7-8-22(18(3)15-21)24(31)26-19(4)16-30/h7-8,15,17,19-20,30H,5-6,9-14,16H2,1-4H3,(H,26,31)/t19-/m1/s1. The lowest BCUT2D eigenvalue weighted by Crippen LogP contribution is -2.35. The molecule has 2 aromatic rings. The molecule has 33 heavy (non-hydrogen) atoms. The van der Waals surface area contributed by atoms with Crippen molar-refractivity contribution < 1.29 is 19.2 Å². The zero-order valence-electron chi connectivity index (χ0n) is 20.3. The average molecular weight is 459 g/mol. The van der Waals surface area contributed by atoms with Gasteiger partial charge >= 0.3 is 6.01 Å². The van der Waals surface area contributed by atoms with Gasteiger partial charge in [-0.15, -0.1) is 0 Å². The molecule has 1 aliphatic rings. The minimum Gasteiger partial charge on any atom is -0.494 e. The third-order valence-corrected chi connectivity index (χ3v) is 6.05. The average Bonchev–Trinajstić information content (AvgIpc) is 3.24. The number of nitrogens with zero attached hydrogens (tertiary/aromatic N) is 3. The fourth-order valence-corrected chi connectivity index (χ4v) is 4.12. The highest BCUT2D eigenvalue weighted by molar-refractivity contribution is 5.95. The van der Waals surface area contributed by atoms with E-state index in [-0.39, 0.29) is 18.6 Å². The summed E-state index contributed by atoms with van der Waals surface area (Å²) in [7, 11) is 0. The molecule has 0 saturated carbocycles. The van der Waals surface area contributed by atoms with Crippen LogP contribution in [-0.4, -0.2) is 53.5 Å². The van der Waals surface area contributed by atoms with Crippen molar-refractivity contribution in [3.63, 3.8) is 0 Å². The number of aromatic nitrogens is 2. The molecule has 8 heteroatoms. The predicted octanol–water partition coefficient (Wildman–Crippen LogP) is 3.76. The Morgan fingerprint density at radius 3 is 2.73 bits per heavy atom. The molecule has 0 aliphatic carbocycles. The number of benzene rings is 1. The van der Waals surface area contributed by atoms with Crippen LogP contribution in [0.3, 0.4) is 0 Å². The van der Waals surface area contributed by atoms with Crippen LogP contribution in [0.1, 0.15) is 68.2 Å². The number of nitrogens with one attached hydrogen (secondary N) is 1. The van der Waals surface area contributed by atoms with Crippen LogP contribution in [0.2, 0.25) is 0 Å². The second kappa shape index (κ2) is 12.0. The molecular weight excluding hydrogens is 420 g/mol. The van der Waals surface area contributed by atoms with Gasteiger partial charge < -0.3 is 24.6 Å². The summed E-state index contributed by atoms with van der Waals surface area (Å²) < 4.78 is 11.4. The quantitative estimate of drug-likeness (QED) is 0.495. The van der Waals surface area contributed by atoms with E-state index in [1.165, 1.54) is 0 Å². The van der Waals surface area contributed by atoms with Crippen LogP contribution >= 0.6 is 0 Å². The number of carbonyl (C=O) groups excluding carboxylic acids is 1. The zero-order chi connectivity index (χ0) is 23.8. The predicted molar refractivity (Wildman–Crippen MR) is 128 cm³/mol. The number of aryl methyl sites for hydroxylation is 1. The number of aliphatic hydroxyl groups excluding tert-OH is 1. The van der Waals surface area contributed by atoms with Crippen molar-refractivity contribution in [3.8, 4) is 5.75 Å². The Hall–Kier alpha value is -2.61. The number of anilines is 1. The third-order valence-electron chi connectivity index (χ3n) is 6.05. The fraction of sp³-hybridized carbons (Fsp3) is 0.640. The van der Waals surface area contributed by atoms with E-state index >= 15 is 0 Å². The van der Waals surface area contributed by atoms with Crippen LogP contribution in [0, 0.1) is 18.8 Å². The first-order chi connectivity index (χ1) is 15.9. The van der Waals surface area contributed by atoms with Gasteiger partial charge in [0.2, 0.25) is 0 Å². The van der Waals surface area contributed by atoms with Gasteiger partial charge in [-0.25, -0.2) is 0 Å². The Morgan fingerprint density at radius 1 is 1.30 bits per heavy atom. The van der Waals surface area contributed by atoms with E-state index in [1.807, 2.05) is 19.1 Å². The molecule has 0 spiro atoms. The summed E-state index contributed by atoms with van der Waals surface area (Å²) in [5.74, 6) is 2.60. The van der Waals surface area contributed by atoms with Gasteiger partial charge in [0.15, 0.2) is 5.82 Å². The highest BCUT2D eigenvalue weighted by Crippen LogP contribution is 2.26.